The Bertz CT molecular complexity index is 900. The van der Waals surface area contributed by atoms with Crippen molar-refractivity contribution in [3.05, 3.63) is 47.3 Å². The summed E-state index contributed by atoms with van der Waals surface area (Å²) < 4.78 is 25.3. The minimum absolute atomic E-state index is 0.0242. The number of sulfone groups is 1. The molecular weight excluding hydrogens is 338 g/mol. The Balaban J connectivity index is 1.75. The van der Waals surface area contributed by atoms with Crippen molar-refractivity contribution in [1.29, 1.82) is 0 Å². The highest BCUT2D eigenvalue weighted by molar-refractivity contribution is 7.90. The van der Waals surface area contributed by atoms with Gasteiger partial charge in [0.25, 0.3) is 5.91 Å². The van der Waals surface area contributed by atoms with E-state index in [4.69, 9.17) is 0 Å². The van der Waals surface area contributed by atoms with E-state index in [2.05, 4.69) is 24.3 Å². The minimum Gasteiger partial charge on any atom is -0.349 e. The standard InChI is InChI=1S/C18H23N3O3S/c1-12(2)21-17-10-15(8-7-14(17)11-19-21)20-18(22)13-5-4-6-16(9-13)25(3,23)24/h4-6,9,11-12,15H,7-8,10H2,1-3H3,(H,20,22). The van der Waals surface area contributed by atoms with Gasteiger partial charge in [0.05, 0.1) is 11.1 Å². The largest absolute Gasteiger partial charge is 0.349 e. The fraction of sp³-hybridized carbons (Fsp3) is 0.444. The molecule has 2 aromatic rings. The molecule has 1 heterocycles. The molecule has 1 aliphatic carbocycles. The van der Waals surface area contributed by atoms with E-state index in [1.54, 1.807) is 12.1 Å². The van der Waals surface area contributed by atoms with Gasteiger partial charge in [-0.2, -0.15) is 5.10 Å². The number of rotatable bonds is 4. The Morgan fingerprint density at radius 2 is 2.12 bits per heavy atom. The first-order valence-electron chi connectivity index (χ1n) is 8.42. The van der Waals surface area contributed by atoms with E-state index in [1.165, 1.54) is 23.4 Å². The van der Waals surface area contributed by atoms with E-state index < -0.39 is 9.84 Å². The van der Waals surface area contributed by atoms with Crippen LogP contribution in [0, 0.1) is 0 Å². The number of benzene rings is 1. The molecule has 6 nitrogen and oxygen atoms in total. The summed E-state index contributed by atoms with van der Waals surface area (Å²) in [6, 6.07) is 6.47. The molecular formula is C18H23N3O3S. The first-order chi connectivity index (χ1) is 11.8. The van der Waals surface area contributed by atoms with Gasteiger partial charge in [-0.3, -0.25) is 9.48 Å². The normalized spacial score (nSPS) is 17.4. The second-order valence-electron chi connectivity index (χ2n) is 6.87. The van der Waals surface area contributed by atoms with Gasteiger partial charge in [0.15, 0.2) is 9.84 Å². The molecule has 1 N–H and O–H groups in total. The van der Waals surface area contributed by atoms with E-state index in [0.717, 1.165) is 25.5 Å². The summed E-state index contributed by atoms with van der Waals surface area (Å²) in [5.41, 5.74) is 2.79. The maximum Gasteiger partial charge on any atom is 0.251 e. The molecule has 25 heavy (non-hydrogen) atoms. The van der Waals surface area contributed by atoms with Crippen LogP contribution in [0.4, 0.5) is 0 Å². The van der Waals surface area contributed by atoms with Crippen LogP contribution in [0.5, 0.6) is 0 Å². The lowest BCUT2D eigenvalue weighted by molar-refractivity contribution is 0.0933. The lowest BCUT2D eigenvalue weighted by atomic mass is 9.93. The molecule has 134 valence electrons. The van der Waals surface area contributed by atoms with Crippen molar-refractivity contribution in [3.8, 4) is 0 Å². The first-order valence-corrected chi connectivity index (χ1v) is 10.3. The number of nitrogens with one attached hydrogen (secondary N) is 1. The molecule has 1 aliphatic rings. The summed E-state index contributed by atoms with van der Waals surface area (Å²) in [6.07, 6.45) is 5.54. The third-order valence-corrected chi connectivity index (χ3v) is 5.65. The van der Waals surface area contributed by atoms with Gasteiger partial charge in [-0.1, -0.05) is 6.07 Å². The van der Waals surface area contributed by atoms with Gasteiger partial charge in [0.1, 0.15) is 0 Å². The van der Waals surface area contributed by atoms with Crippen LogP contribution in [-0.2, 0) is 22.7 Å². The van der Waals surface area contributed by atoms with E-state index in [-0.39, 0.29) is 22.9 Å². The van der Waals surface area contributed by atoms with Crippen molar-refractivity contribution in [2.75, 3.05) is 6.26 Å². The van der Waals surface area contributed by atoms with E-state index in [9.17, 15) is 13.2 Å². The number of hydrogen-bond acceptors (Lipinski definition) is 4. The highest BCUT2D eigenvalue weighted by atomic mass is 32.2. The Hall–Kier alpha value is -2.15. The Morgan fingerprint density at radius 3 is 2.80 bits per heavy atom. The highest BCUT2D eigenvalue weighted by Crippen LogP contribution is 2.24. The van der Waals surface area contributed by atoms with E-state index in [1.807, 2.05) is 10.9 Å². The number of hydrogen-bond donors (Lipinski definition) is 1. The maximum atomic E-state index is 12.5. The third kappa shape index (κ3) is 3.76. The summed E-state index contributed by atoms with van der Waals surface area (Å²) in [4.78, 5) is 12.7. The molecule has 0 saturated heterocycles. The van der Waals surface area contributed by atoms with Gasteiger partial charge in [-0.05, 0) is 50.5 Å². The number of amides is 1. The predicted molar refractivity (Wildman–Crippen MR) is 95.4 cm³/mol. The quantitative estimate of drug-likeness (QED) is 0.905. The highest BCUT2D eigenvalue weighted by Gasteiger charge is 2.25. The van der Waals surface area contributed by atoms with E-state index >= 15 is 0 Å². The van der Waals surface area contributed by atoms with Crippen LogP contribution in [-0.4, -0.2) is 36.4 Å². The second kappa shape index (κ2) is 6.63. The molecule has 0 aliphatic heterocycles. The Kier molecular flexibility index (Phi) is 4.69. The molecule has 0 saturated carbocycles. The summed E-state index contributed by atoms with van der Waals surface area (Å²) in [5, 5.41) is 7.48. The third-order valence-electron chi connectivity index (χ3n) is 4.54. The lowest BCUT2D eigenvalue weighted by Crippen LogP contribution is -2.39. The van der Waals surface area contributed by atoms with Crippen LogP contribution in [0.25, 0.3) is 0 Å². The van der Waals surface area contributed by atoms with Crippen LogP contribution in [0.3, 0.4) is 0 Å². The second-order valence-corrected chi connectivity index (χ2v) is 8.88. The predicted octanol–water partition coefficient (Wildman–Crippen LogP) is 2.15. The van der Waals surface area contributed by atoms with Gasteiger partial charge in [0, 0.05) is 36.0 Å². The van der Waals surface area contributed by atoms with Gasteiger partial charge in [-0.25, -0.2) is 8.42 Å². The average Bonchev–Trinajstić information content (AvgIpc) is 2.97. The monoisotopic (exact) mass is 361 g/mol. The van der Waals surface area contributed by atoms with Crippen molar-refractivity contribution >= 4 is 15.7 Å². The number of fused-ring (bicyclic) bond motifs is 1. The average molecular weight is 361 g/mol. The lowest BCUT2D eigenvalue weighted by Gasteiger charge is -2.25. The number of carbonyl (C=O) groups is 1. The molecule has 1 amide bonds. The summed E-state index contributed by atoms with van der Waals surface area (Å²) in [6.45, 7) is 4.18. The van der Waals surface area contributed by atoms with Crippen molar-refractivity contribution in [3.63, 3.8) is 0 Å². The fourth-order valence-electron chi connectivity index (χ4n) is 3.23. The zero-order valence-corrected chi connectivity index (χ0v) is 15.5. The summed E-state index contributed by atoms with van der Waals surface area (Å²) >= 11 is 0. The number of aryl methyl sites for hydroxylation is 1. The van der Waals surface area contributed by atoms with Crippen LogP contribution < -0.4 is 5.32 Å². The summed E-state index contributed by atoms with van der Waals surface area (Å²) in [7, 11) is -3.33. The fourth-order valence-corrected chi connectivity index (χ4v) is 3.89. The van der Waals surface area contributed by atoms with Crippen molar-refractivity contribution in [1.82, 2.24) is 15.1 Å². The number of nitrogens with zero attached hydrogens (tertiary/aromatic N) is 2. The SMILES string of the molecule is CC(C)n1ncc2c1CC(NC(=O)c1cccc(S(C)(=O)=O)c1)CC2. The molecule has 3 rings (SSSR count). The van der Waals surface area contributed by atoms with Crippen molar-refractivity contribution < 1.29 is 13.2 Å². The van der Waals surface area contributed by atoms with Gasteiger partial charge >= 0.3 is 0 Å². The first kappa shape index (κ1) is 17.7. The van der Waals surface area contributed by atoms with Crippen LogP contribution in [0.15, 0.2) is 35.4 Å². The molecule has 1 aromatic carbocycles. The molecule has 7 heteroatoms. The van der Waals surface area contributed by atoms with Crippen molar-refractivity contribution in [2.24, 2.45) is 0 Å². The molecule has 0 bridgehead atoms. The zero-order valence-electron chi connectivity index (χ0n) is 14.7. The number of aromatic nitrogens is 2. The Morgan fingerprint density at radius 1 is 1.36 bits per heavy atom. The molecule has 1 aromatic heterocycles. The Labute approximate surface area is 148 Å². The molecule has 1 unspecified atom stereocenters. The van der Waals surface area contributed by atoms with Gasteiger partial charge in [-0.15, -0.1) is 0 Å². The smallest absolute Gasteiger partial charge is 0.251 e. The summed E-state index contributed by atoms with van der Waals surface area (Å²) in [5.74, 6) is -0.241. The molecule has 0 radical (unpaired) electrons. The minimum atomic E-state index is -3.33. The van der Waals surface area contributed by atoms with Crippen LogP contribution in [0.2, 0.25) is 0 Å². The molecule has 0 spiro atoms. The van der Waals surface area contributed by atoms with E-state index in [0.29, 0.717) is 5.56 Å². The molecule has 0 fully saturated rings. The zero-order chi connectivity index (χ0) is 18.2. The topological polar surface area (TPSA) is 81.1 Å². The van der Waals surface area contributed by atoms with Crippen LogP contribution >= 0.6 is 0 Å². The van der Waals surface area contributed by atoms with Gasteiger partial charge in [0.2, 0.25) is 0 Å². The number of carbonyl (C=O) groups excluding carboxylic acids is 1. The van der Waals surface area contributed by atoms with Gasteiger partial charge < -0.3 is 5.32 Å². The maximum absolute atomic E-state index is 12.5. The van der Waals surface area contributed by atoms with Crippen LogP contribution in [0.1, 0.15) is 47.9 Å². The molecule has 1 atom stereocenters. The van der Waals surface area contributed by atoms with Crippen molar-refractivity contribution in [2.45, 2.75) is 50.1 Å².